The van der Waals surface area contributed by atoms with Crippen LogP contribution in [0.4, 0.5) is 5.69 Å². The molecule has 10 nitrogen and oxygen atoms in total. The van der Waals surface area contributed by atoms with E-state index in [4.69, 9.17) is 14.2 Å². The first kappa shape index (κ1) is 30.3. The lowest BCUT2D eigenvalue weighted by Gasteiger charge is -2.32. The van der Waals surface area contributed by atoms with Crippen molar-refractivity contribution in [3.8, 4) is 17.2 Å². The molecule has 1 N–H and O–H groups in total. The number of carbonyl (C=O) groups is 2. The van der Waals surface area contributed by atoms with E-state index in [1.54, 1.807) is 62.6 Å². The highest BCUT2D eigenvalue weighted by atomic mass is 32.2. The third kappa shape index (κ3) is 6.84. The van der Waals surface area contributed by atoms with Gasteiger partial charge in [0.2, 0.25) is 11.8 Å². The summed E-state index contributed by atoms with van der Waals surface area (Å²) in [4.78, 5) is 27.9. The normalized spacial score (nSPS) is 11.8. The Morgan fingerprint density at radius 2 is 1.48 bits per heavy atom. The minimum Gasteiger partial charge on any atom is -0.497 e. The van der Waals surface area contributed by atoms with Crippen molar-refractivity contribution in [3.05, 3.63) is 77.9 Å². The molecular formula is C29H35N3O7S. The Morgan fingerprint density at radius 3 is 2.02 bits per heavy atom. The molecule has 3 aromatic rings. The number of amides is 2. The average Bonchev–Trinajstić information content (AvgIpc) is 2.97. The Balaban J connectivity index is 2.11. The SMILES string of the molecule is CNC(=O)[C@@H](C)N(Cc1ccc(OC)cc1)C(=O)CN(c1cc(OC)ccc1OC)S(=O)(=O)c1ccc(C)cc1. The maximum absolute atomic E-state index is 14.0. The van der Waals surface area contributed by atoms with E-state index in [0.717, 1.165) is 15.4 Å². The standard InChI is InChI=1S/C29H35N3O7S/c1-20-7-14-25(15-8-20)40(35,36)32(26-17-24(38-5)13-16-27(26)39-6)19-28(33)31(21(2)29(34)30-3)18-22-9-11-23(37-4)12-10-22/h7-17,21H,18-19H2,1-6H3,(H,30,34)/t21-/m1/s1. The number of benzene rings is 3. The second-order valence-electron chi connectivity index (χ2n) is 9.02. The number of ether oxygens (including phenoxy) is 3. The highest BCUT2D eigenvalue weighted by Gasteiger charge is 2.34. The summed E-state index contributed by atoms with van der Waals surface area (Å²) < 4.78 is 45.1. The van der Waals surface area contributed by atoms with Crippen molar-refractivity contribution in [1.29, 1.82) is 0 Å². The Kier molecular flexibility index (Phi) is 10.0. The summed E-state index contributed by atoms with van der Waals surface area (Å²) in [5, 5.41) is 2.56. The minimum absolute atomic E-state index is 0.00294. The molecule has 0 bridgehead atoms. The quantitative estimate of drug-likeness (QED) is 0.356. The van der Waals surface area contributed by atoms with Crippen LogP contribution in [0.2, 0.25) is 0 Å². The second kappa shape index (κ2) is 13.2. The lowest BCUT2D eigenvalue weighted by molar-refractivity contribution is -0.139. The van der Waals surface area contributed by atoms with Crippen LogP contribution in [0.3, 0.4) is 0 Å². The highest BCUT2D eigenvalue weighted by Crippen LogP contribution is 2.36. The van der Waals surface area contributed by atoms with E-state index < -0.39 is 34.4 Å². The van der Waals surface area contributed by atoms with Crippen molar-refractivity contribution in [2.24, 2.45) is 0 Å². The molecule has 0 aliphatic rings. The second-order valence-corrected chi connectivity index (χ2v) is 10.9. The molecule has 0 fully saturated rings. The van der Waals surface area contributed by atoms with E-state index in [1.807, 2.05) is 6.92 Å². The van der Waals surface area contributed by atoms with E-state index in [2.05, 4.69) is 5.32 Å². The summed E-state index contributed by atoms with van der Waals surface area (Å²) in [5.74, 6) is 0.259. The van der Waals surface area contributed by atoms with Gasteiger partial charge < -0.3 is 24.4 Å². The fourth-order valence-electron chi connectivity index (χ4n) is 4.06. The van der Waals surface area contributed by atoms with Crippen molar-refractivity contribution < 1.29 is 32.2 Å². The lowest BCUT2D eigenvalue weighted by Crippen LogP contribution is -2.50. The number of likely N-dealkylation sites (N-methyl/N-ethyl adjacent to an activating group) is 1. The third-order valence-corrected chi connectivity index (χ3v) is 8.24. The largest absolute Gasteiger partial charge is 0.497 e. The molecule has 214 valence electrons. The van der Waals surface area contributed by atoms with Crippen molar-refractivity contribution in [1.82, 2.24) is 10.2 Å². The van der Waals surface area contributed by atoms with Crippen LogP contribution < -0.4 is 23.8 Å². The van der Waals surface area contributed by atoms with Gasteiger partial charge in [0.1, 0.15) is 29.8 Å². The molecule has 0 saturated carbocycles. The molecule has 3 rings (SSSR count). The van der Waals surface area contributed by atoms with Crippen molar-refractivity contribution in [2.45, 2.75) is 31.3 Å². The number of methoxy groups -OCH3 is 3. The van der Waals surface area contributed by atoms with Crippen molar-refractivity contribution >= 4 is 27.5 Å². The Hall–Kier alpha value is -4.25. The Morgan fingerprint density at radius 1 is 0.875 bits per heavy atom. The predicted molar refractivity (Wildman–Crippen MR) is 152 cm³/mol. The fourth-order valence-corrected chi connectivity index (χ4v) is 5.48. The summed E-state index contributed by atoms with van der Waals surface area (Å²) in [5.41, 5.74) is 1.73. The first-order valence-corrected chi connectivity index (χ1v) is 13.9. The van der Waals surface area contributed by atoms with E-state index in [1.165, 1.54) is 44.4 Å². The molecule has 0 unspecified atom stereocenters. The molecule has 0 spiro atoms. The molecule has 0 aromatic heterocycles. The van der Waals surface area contributed by atoms with Crippen LogP contribution in [0.5, 0.6) is 17.2 Å². The van der Waals surface area contributed by atoms with Gasteiger partial charge in [-0.2, -0.15) is 0 Å². The van der Waals surface area contributed by atoms with Gasteiger partial charge in [-0.25, -0.2) is 8.42 Å². The van der Waals surface area contributed by atoms with Crippen LogP contribution in [-0.4, -0.2) is 66.1 Å². The average molecular weight is 570 g/mol. The fraction of sp³-hybridized carbons (Fsp3) is 0.310. The summed E-state index contributed by atoms with van der Waals surface area (Å²) in [6.45, 7) is 2.90. The number of aryl methyl sites for hydroxylation is 1. The van der Waals surface area contributed by atoms with Gasteiger partial charge in [0.25, 0.3) is 10.0 Å². The zero-order chi connectivity index (χ0) is 29.4. The molecule has 3 aromatic carbocycles. The van der Waals surface area contributed by atoms with Crippen LogP contribution in [0, 0.1) is 6.92 Å². The number of nitrogens with one attached hydrogen (secondary N) is 1. The van der Waals surface area contributed by atoms with Gasteiger partial charge in [-0.1, -0.05) is 29.8 Å². The minimum atomic E-state index is -4.26. The lowest BCUT2D eigenvalue weighted by atomic mass is 10.1. The first-order valence-electron chi connectivity index (χ1n) is 12.5. The summed E-state index contributed by atoms with van der Waals surface area (Å²) in [6, 6.07) is 17.2. The van der Waals surface area contributed by atoms with Gasteiger partial charge in [0.15, 0.2) is 0 Å². The van der Waals surface area contributed by atoms with E-state index in [-0.39, 0.29) is 22.9 Å². The molecule has 1 atom stereocenters. The third-order valence-electron chi connectivity index (χ3n) is 6.47. The molecular weight excluding hydrogens is 534 g/mol. The summed E-state index contributed by atoms with van der Waals surface area (Å²) in [6.07, 6.45) is 0. The Bertz CT molecular complexity index is 1420. The maximum Gasteiger partial charge on any atom is 0.264 e. The first-order chi connectivity index (χ1) is 19.0. The topological polar surface area (TPSA) is 114 Å². The predicted octanol–water partition coefficient (Wildman–Crippen LogP) is 3.38. The van der Waals surface area contributed by atoms with Crippen LogP contribution in [0.15, 0.2) is 71.6 Å². The van der Waals surface area contributed by atoms with Gasteiger partial charge >= 0.3 is 0 Å². The molecule has 0 aliphatic heterocycles. The smallest absolute Gasteiger partial charge is 0.264 e. The van der Waals surface area contributed by atoms with E-state index in [0.29, 0.717) is 11.5 Å². The molecule has 0 aliphatic carbocycles. The maximum atomic E-state index is 14.0. The molecule has 0 radical (unpaired) electrons. The number of nitrogens with zero attached hydrogens (tertiary/aromatic N) is 2. The number of rotatable bonds is 12. The number of anilines is 1. The van der Waals surface area contributed by atoms with Crippen LogP contribution in [0.25, 0.3) is 0 Å². The zero-order valence-corrected chi connectivity index (χ0v) is 24.3. The molecule has 0 heterocycles. The highest BCUT2D eigenvalue weighted by molar-refractivity contribution is 7.92. The van der Waals surface area contributed by atoms with Crippen molar-refractivity contribution in [2.75, 3.05) is 39.2 Å². The summed E-state index contributed by atoms with van der Waals surface area (Å²) >= 11 is 0. The number of hydrogen-bond donors (Lipinski definition) is 1. The van der Waals surface area contributed by atoms with E-state index >= 15 is 0 Å². The molecule has 11 heteroatoms. The van der Waals surface area contributed by atoms with Crippen LogP contribution >= 0.6 is 0 Å². The number of sulfonamides is 1. The van der Waals surface area contributed by atoms with Gasteiger partial charge in [-0.05, 0) is 55.8 Å². The van der Waals surface area contributed by atoms with Gasteiger partial charge in [0, 0.05) is 19.7 Å². The van der Waals surface area contributed by atoms with Crippen LogP contribution in [0.1, 0.15) is 18.1 Å². The number of carbonyl (C=O) groups excluding carboxylic acids is 2. The Labute approximate surface area is 235 Å². The van der Waals surface area contributed by atoms with Crippen molar-refractivity contribution in [3.63, 3.8) is 0 Å². The molecule has 40 heavy (non-hydrogen) atoms. The van der Waals surface area contributed by atoms with Gasteiger partial charge in [0.05, 0.1) is 31.9 Å². The zero-order valence-electron chi connectivity index (χ0n) is 23.5. The van der Waals surface area contributed by atoms with Gasteiger partial charge in [-0.15, -0.1) is 0 Å². The number of hydrogen-bond acceptors (Lipinski definition) is 7. The van der Waals surface area contributed by atoms with E-state index in [9.17, 15) is 18.0 Å². The monoisotopic (exact) mass is 569 g/mol. The van der Waals surface area contributed by atoms with Gasteiger partial charge in [-0.3, -0.25) is 13.9 Å². The summed E-state index contributed by atoms with van der Waals surface area (Å²) in [7, 11) is 1.63. The molecule has 2 amide bonds. The van der Waals surface area contributed by atoms with Crippen LogP contribution in [-0.2, 0) is 26.2 Å². The molecule has 0 saturated heterocycles.